The summed E-state index contributed by atoms with van der Waals surface area (Å²) in [5.41, 5.74) is 0.0162. The third kappa shape index (κ3) is 0.669. The highest BCUT2D eigenvalue weighted by atomic mass is 79.9. The number of amides is 1. The van der Waals surface area contributed by atoms with E-state index in [0.29, 0.717) is 55.3 Å². The molecule has 6 saturated carbocycles. The molecule has 0 unspecified atom stereocenters. The van der Waals surface area contributed by atoms with Gasteiger partial charge in [0.1, 0.15) is 0 Å². The quantitative estimate of drug-likeness (QED) is 0.764. The van der Waals surface area contributed by atoms with Crippen LogP contribution >= 0.6 is 15.9 Å². The maximum atomic E-state index is 11.8. The zero-order valence-electron chi connectivity index (χ0n) is 11.1. The lowest BCUT2D eigenvalue weighted by molar-refractivity contribution is -0.391. The Morgan fingerprint density at radius 2 is 1.80 bits per heavy atom. The van der Waals surface area contributed by atoms with Crippen LogP contribution in [-0.4, -0.2) is 41.6 Å². The number of alkyl carbamates (subject to hydrolysis) is 1. The van der Waals surface area contributed by atoms with Gasteiger partial charge < -0.3 is 19.5 Å². The minimum absolute atomic E-state index is 0.0162. The molecule has 6 heteroatoms. The number of rotatable bonds is 2. The molecule has 5 nitrogen and oxygen atoms in total. The van der Waals surface area contributed by atoms with Crippen LogP contribution in [-0.2, 0) is 14.2 Å². The first-order valence-corrected chi connectivity index (χ1v) is 8.35. The summed E-state index contributed by atoms with van der Waals surface area (Å²) in [5.74, 6) is 2.94. The topological polar surface area (TPSA) is 56.8 Å². The van der Waals surface area contributed by atoms with E-state index in [0.717, 1.165) is 0 Å². The second-order valence-corrected chi connectivity index (χ2v) is 8.38. The molecular formula is C14H16BrNO4. The van der Waals surface area contributed by atoms with Crippen LogP contribution in [0.3, 0.4) is 0 Å². The molecular weight excluding hydrogens is 326 g/mol. The first-order valence-electron chi connectivity index (χ1n) is 7.56. The number of ether oxygens (including phenoxy) is 3. The van der Waals surface area contributed by atoms with Crippen molar-refractivity contribution >= 4 is 22.0 Å². The summed E-state index contributed by atoms with van der Waals surface area (Å²) in [5, 5.41) is 3.18. The van der Waals surface area contributed by atoms with Gasteiger partial charge in [-0.2, -0.15) is 0 Å². The number of hydrogen-bond donors (Lipinski definition) is 1. The summed E-state index contributed by atoms with van der Waals surface area (Å²) < 4.78 is 17.3. The first kappa shape index (κ1) is 11.3. The van der Waals surface area contributed by atoms with Gasteiger partial charge in [0.05, 0.1) is 29.7 Å². The Morgan fingerprint density at radius 1 is 1.20 bits per heavy atom. The van der Waals surface area contributed by atoms with Crippen molar-refractivity contribution in [2.75, 3.05) is 19.8 Å². The molecule has 7 fully saturated rings. The SMILES string of the molecule is CCOC(=O)NC12C3[C@H]4[C@H]1C1[C@@H]2[C@H]3C4(Br)C12OCCO2. The number of alkyl halides is 1. The number of halogens is 1. The van der Waals surface area contributed by atoms with Crippen molar-refractivity contribution in [3.63, 3.8) is 0 Å². The van der Waals surface area contributed by atoms with Gasteiger partial charge in [-0.05, 0) is 36.5 Å². The maximum absolute atomic E-state index is 11.8. The summed E-state index contributed by atoms with van der Waals surface area (Å²) in [4.78, 5) is 11.8. The summed E-state index contributed by atoms with van der Waals surface area (Å²) in [6.07, 6.45) is -0.255. The average Bonchev–Trinajstić information content (AvgIpc) is 2.96. The van der Waals surface area contributed by atoms with Crippen molar-refractivity contribution in [3.8, 4) is 0 Å². The van der Waals surface area contributed by atoms with Gasteiger partial charge >= 0.3 is 6.09 Å². The van der Waals surface area contributed by atoms with Crippen molar-refractivity contribution < 1.29 is 19.0 Å². The van der Waals surface area contributed by atoms with Crippen LogP contribution in [0.5, 0.6) is 0 Å². The predicted octanol–water partition coefficient (Wildman–Crippen LogP) is 1.11. The molecule has 1 spiro atoms. The van der Waals surface area contributed by atoms with E-state index in [-0.39, 0.29) is 16.0 Å². The Morgan fingerprint density at radius 3 is 2.40 bits per heavy atom. The molecule has 1 saturated heterocycles. The van der Waals surface area contributed by atoms with Gasteiger partial charge in [-0.25, -0.2) is 4.79 Å². The van der Waals surface area contributed by atoms with Gasteiger partial charge in [-0.3, -0.25) is 0 Å². The molecule has 1 aliphatic heterocycles. The van der Waals surface area contributed by atoms with Crippen molar-refractivity contribution in [1.29, 1.82) is 0 Å². The Bertz CT molecular complexity index is 539. The van der Waals surface area contributed by atoms with Gasteiger partial charge in [-0.15, -0.1) is 0 Å². The van der Waals surface area contributed by atoms with Crippen LogP contribution in [0.15, 0.2) is 0 Å². The molecule has 1 heterocycles. The van der Waals surface area contributed by atoms with E-state index < -0.39 is 5.79 Å². The van der Waals surface area contributed by atoms with Crippen molar-refractivity contribution in [3.05, 3.63) is 0 Å². The van der Waals surface area contributed by atoms with Crippen molar-refractivity contribution in [1.82, 2.24) is 5.32 Å². The summed E-state index contributed by atoms with van der Waals surface area (Å²) in [7, 11) is 0. The zero-order chi connectivity index (χ0) is 13.5. The van der Waals surface area contributed by atoms with E-state index in [9.17, 15) is 4.79 Å². The lowest BCUT2D eigenvalue weighted by Gasteiger charge is -2.91. The number of nitrogens with one attached hydrogen (secondary N) is 1. The van der Waals surface area contributed by atoms with E-state index in [2.05, 4.69) is 21.2 Å². The second-order valence-electron chi connectivity index (χ2n) is 7.07. The predicted molar refractivity (Wildman–Crippen MR) is 70.1 cm³/mol. The fourth-order valence-corrected chi connectivity index (χ4v) is 8.84. The van der Waals surface area contributed by atoms with E-state index in [1.165, 1.54) is 0 Å². The lowest BCUT2D eigenvalue weighted by Crippen LogP contribution is -2.99. The van der Waals surface area contributed by atoms with Crippen molar-refractivity contribution in [2.24, 2.45) is 35.5 Å². The number of carbonyl (C=O) groups is 1. The Hall–Kier alpha value is -0.330. The molecule has 0 aromatic heterocycles. The van der Waals surface area contributed by atoms with Gasteiger partial charge in [0.2, 0.25) is 0 Å². The molecule has 0 aromatic carbocycles. The molecule has 1 amide bonds. The van der Waals surface area contributed by atoms with E-state index in [4.69, 9.17) is 14.2 Å². The van der Waals surface area contributed by atoms with Gasteiger partial charge in [0.25, 0.3) is 0 Å². The average molecular weight is 342 g/mol. The summed E-state index contributed by atoms with van der Waals surface area (Å²) in [6, 6.07) is 0. The fourth-order valence-electron chi connectivity index (χ4n) is 7.21. The van der Waals surface area contributed by atoms with Gasteiger partial charge in [0, 0.05) is 5.92 Å². The van der Waals surface area contributed by atoms with Crippen LogP contribution < -0.4 is 5.32 Å². The van der Waals surface area contributed by atoms with E-state index in [1.807, 2.05) is 6.92 Å². The largest absolute Gasteiger partial charge is 0.450 e. The highest BCUT2D eigenvalue weighted by Gasteiger charge is 3.09. The molecule has 6 aliphatic carbocycles. The molecule has 0 aromatic rings. The smallest absolute Gasteiger partial charge is 0.407 e. The molecule has 7 rings (SSSR count). The number of hydrogen-bond acceptors (Lipinski definition) is 4. The minimum atomic E-state index is -0.398. The molecule has 7 aliphatic rings. The fraction of sp³-hybridized carbons (Fsp3) is 0.929. The third-order valence-electron chi connectivity index (χ3n) is 7.23. The van der Waals surface area contributed by atoms with E-state index >= 15 is 0 Å². The highest BCUT2D eigenvalue weighted by molar-refractivity contribution is 9.10. The van der Waals surface area contributed by atoms with Crippen LogP contribution in [0.1, 0.15) is 6.92 Å². The van der Waals surface area contributed by atoms with Crippen LogP contribution in [0, 0.1) is 35.5 Å². The minimum Gasteiger partial charge on any atom is -0.450 e. The van der Waals surface area contributed by atoms with Gasteiger partial charge in [0.15, 0.2) is 5.79 Å². The Balaban J connectivity index is 1.37. The molecule has 1 N–H and O–H groups in total. The monoisotopic (exact) mass is 341 g/mol. The standard InChI is InChI=1S/C14H16BrNO4/c1-2-18-11(17)16-12-5-8-6(12)10-7(12)9(5)13(8,15)14(10)19-3-4-20-14/h5-10H,2-4H2,1H3,(H,16,17)/t5?,6-,7-,8-,9-,10?,12?,13?/m0/s1. The lowest BCUT2D eigenvalue weighted by atomic mass is 9.16. The normalized spacial score (nSPS) is 63.9. The van der Waals surface area contributed by atoms with Crippen molar-refractivity contribution in [2.45, 2.75) is 22.6 Å². The van der Waals surface area contributed by atoms with Gasteiger partial charge in [-0.1, -0.05) is 15.9 Å². The molecule has 20 heavy (non-hydrogen) atoms. The summed E-state index contributed by atoms with van der Waals surface area (Å²) >= 11 is 4.00. The third-order valence-corrected chi connectivity index (χ3v) is 8.84. The molecule has 2 bridgehead atoms. The molecule has 108 valence electrons. The van der Waals surface area contributed by atoms with Crippen LogP contribution in [0.4, 0.5) is 4.79 Å². The van der Waals surface area contributed by atoms with Crippen LogP contribution in [0.25, 0.3) is 0 Å². The first-order chi connectivity index (χ1) is 9.64. The van der Waals surface area contributed by atoms with E-state index in [1.54, 1.807) is 0 Å². The maximum Gasteiger partial charge on any atom is 0.407 e. The molecule has 0 radical (unpaired) electrons. The zero-order valence-corrected chi connectivity index (χ0v) is 12.7. The summed E-state index contributed by atoms with van der Waals surface area (Å²) in [6.45, 7) is 3.67. The van der Waals surface area contributed by atoms with Crippen LogP contribution in [0.2, 0.25) is 0 Å². The Labute approximate surface area is 124 Å². The Kier molecular flexibility index (Phi) is 1.57. The highest BCUT2D eigenvalue weighted by Crippen LogP contribution is 3.01. The number of carbonyl (C=O) groups excluding carboxylic acids is 1. The second kappa shape index (κ2) is 2.79. The molecule has 4 atom stereocenters.